The Morgan fingerprint density at radius 1 is 1.54 bits per heavy atom. The van der Waals surface area contributed by atoms with Gasteiger partial charge in [0.1, 0.15) is 19.8 Å². The first-order valence-electron chi connectivity index (χ1n) is 7.26. The van der Waals surface area contributed by atoms with Crippen molar-refractivity contribution in [2.24, 2.45) is 11.0 Å². The number of sulfone groups is 1. The van der Waals surface area contributed by atoms with E-state index in [1.165, 1.54) is 23.3 Å². The van der Waals surface area contributed by atoms with Gasteiger partial charge in [-0.2, -0.15) is 0 Å². The maximum Gasteiger partial charge on any atom is 0.231 e. The molecule has 9 nitrogen and oxygen atoms in total. The number of hydrogen-bond acceptors (Lipinski definition) is 7. The van der Waals surface area contributed by atoms with Gasteiger partial charge in [0.05, 0.1) is 11.7 Å². The number of azide groups is 1. The first kappa shape index (κ1) is 20.1. The van der Waals surface area contributed by atoms with Gasteiger partial charge in [-0.3, -0.25) is 9.78 Å². The largest absolute Gasteiger partial charge is 0.304 e. The van der Waals surface area contributed by atoms with Crippen LogP contribution in [0.2, 0.25) is 5.15 Å². The highest BCUT2D eigenvalue weighted by Crippen LogP contribution is 2.37. The molecule has 2 aromatic rings. The molecule has 26 heavy (non-hydrogen) atoms. The van der Waals surface area contributed by atoms with Crippen molar-refractivity contribution in [2.45, 2.75) is 0 Å². The van der Waals surface area contributed by atoms with E-state index in [1.807, 2.05) is 6.07 Å². The molecular weight excluding hydrogens is 400 g/mol. The summed E-state index contributed by atoms with van der Waals surface area (Å²) in [6, 6.07) is 3.56. The second-order valence-electron chi connectivity index (χ2n) is 5.46. The molecule has 0 spiro atoms. The van der Waals surface area contributed by atoms with E-state index in [1.54, 1.807) is 18.5 Å². The van der Waals surface area contributed by atoms with E-state index in [0.717, 1.165) is 11.8 Å². The summed E-state index contributed by atoms with van der Waals surface area (Å²) in [5.41, 5.74) is 9.22. The quantitative estimate of drug-likeness (QED) is 0.390. The first-order chi connectivity index (χ1) is 12.2. The van der Waals surface area contributed by atoms with Crippen molar-refractivity contribution in [3.8, 4) is 10.6 Å². The molecule has 0 saturated heterocycles. The fourth-order valence-corrected chi connectivity index (χ4v) is 4.46. The highest BCUT2D eigenvalue weighted by molar-refractivity contribution is 7.90. The molecule has 0 saturated carbocycles. The Labute approximate surface area is 159 Å². The third kappa shape index (κ3) is 5.15. The van der Waals surface area contributed by atoms with Crippen LogP contribution in [0.4, 0.5) is 5.00 Å². The minimum Gasteiger partial charge on any atom is -0.304 e. The molecular formula is C14H15ClN6O3S2. The van der Waals surface area contributed by atoms with Crippen LogP contribution in [0.1, 0.15) is 0 Å². The predicted octanol–water partition coefficient (Wildman–Crippen LogP) is 2.79. The minimum atomic E-state index is -3.45. The van der Waals surface area contributed by atoms with Crippen molar-refractivity contribution >= 4 is 43.7 Å². The molecule has 2 heterocycles. The fraction of sp³-hybridized carbons (Fsp3) is 0.357. The summed E-state index contributed by atoms with van der Waals surface area (Å²) in [4.78, 5) is 24.8. The molecule has 0 aliphatic carbocycles. The topological polar surface area (TPSA) is 129 Å². The van der Waals surface area contributed by atoms with Crippen LogP contribution in [0, 0.1) is 5.92 Å². The zero-order valence-electron chi connectivity index (χ0n) is 13.9. The van der Waals surface area contributed by atoms with Crippen LogP contribution in [0.15, 0.2) is 29.6 Å². The van der Waals surface area contributed by atoms with Gasteiger partial charge >= 0.3 is 0 Å². The highest BCUT2D eigenvalue weighted by Gasteiger charge is 2.28. The third-order valence-electron chi connectivity index (χ3n) is 3.33. The van der Waals surface area contributed by atoms with Crippen molar-refractivity contribution in [3.63, 3.8) is 0 Å². The number of rotatable bonds is 7. The summed E-state index contributed by atoms with van der Waals surface area (Å²) >= 11 is 7.34. The molecule has 2 rings (SSSR count). The summed E-state index contributed by atoms with van der Waals surface area (Å²) in [6.07, 6.45) is 4.26. The summed E-state index contributed by atoms with van der Waals surface area (Å²) in [5, 5.41) is 4.41. The Morgan fingerprint density at radius 2 is 2.27 bits per heavy atom. The molecule has 1 unspecified atom stereocenters. The maximum absolute atomic E-state index is 12.7. The summed E-state index contributed by atoms with van der Waals surface area (Å²) in [7, 11) is -1.97. The van der Waals surface area contributed by atoms with Crippen molar-refractivity contribution in [2.75, 3.05) is 30.5 Å². The number of amides is 1. The van der Waals surface area contributed by atoms with Gasteiger partial charge < -0.3 is 4.90 Å². The number of halogens is 1. The number of anilines is 1. The lowest BCUT2D eigenvalue weighted by Crippen LogP contribution is -2.37. The third-order valence-corrected chi connectivity index (χ3v) is 5.90. The summed E-state index contributed by atoms with van der Waals surface area (Å²) in [5.74, 6) is -1.96. The van der Waals surface area contributed by atoms with E-state index >= 15 is 0 Å². The number of carbonyl (C=O) groups excluding carboxylic acids is 1. The molecule has 1 atom stereocenters. The molecule has 2 aromatic heterocycles. The van der Waals surface area contributed by atoms with Crippen molar-refractivity contribution in [1.29, 1.82) is 0 Å². The van der Waals surface area contributed by atoms with Crippen molar-refractivity contribution < 1.29 is 13.2 Å². The van der Waals surface area contributed by atoms with Crippen LogP contribution >= 0.6 is 22.9 Å². The second kappa shape index (κ2) is 8.45. The van der Waals surface area contributed by atoms with Crippen LogP contribution in [0.25, 0.3) is 21.0 Å². The lowest BCUT2D eigenvalue weighted by atomic mass is 10.1. The Kier molecular flexibility index (Phi) is 6.54. The zero-order chi connectivity index (χ0) is 19.3. The van der Waals surface area contributed by atoms with E-state index < -0.39 is 27.4 Å². The summed E-state index contributed by atoms with van der Waals surface area (Å²) in [6.45, 7) is -0.265. The highest BCUT2D eigenvalue weighted by atomic mass is 35.5. The van der Waals surface area contributed by atoms with Gasteiger partial charge in [-0.1, -0.05) is 28.1 Å². The van der Waals surface area contributed by atoms with Crippen LogP contribution in [-0.4, -0.2) is 49.9 Å². The molecule has 138 valence electrons. The van der Waals surface area contributed by atoms with E-state index in [-0.39, 0.29) is 11.7 Å². The van der Waals surface area contributed by atoms with E-state index in [0.29, 0.717) is 10.0 Å². The van der Waals surface area contributed by atoms with Gasteiger partial charge in [0.2, 0.25) is 5.91 Å². The van der Waals surface area contributed by atoms with Crippen LogP contribution in [0.5, 0.6) is 0 Å². The Morgan fingerprint density at radius 3 is 2.85 bits per heavy atom. The number of carbonyl (C=O) groups is 1. The molecule has 0 N–H and O–H groups in total. The van der Waals surface area contributed by atoms with Crippen molar-refractivity contribution in [3.05, 3.63) is 40.1 Å². The Bertz CT molecular complexity index is 941. The van der Waals surface area contributed by atoms with Gasteiger partial charge in [0, 0.05) is 42.7 Å². The van der Waals surface area contributed by atoms with E-state index in [4.69, 9.17) is 17.1 Å². The Hall–Kier alpha value is -2.20. The minimum absolute atomic E-state index is 0.117. The summed E-state index contributed by atoms with van der Waals surface area (Å²) < 4.78 is 23.2. The number of nitrogens with zero attached hydrogens (tertiary/aromatic N) is 6. The zero-order valence-corrected chi connectivity index (χ0v) is 16.3. The average Bonchev–Trinajstić information content (AvgIpc) is 2.99. The van der Waals surface area contributed by atoms with Gasteiger partial charge in [0.25, 0.3) is 0 Å². The predicted molar refractivity (Wildman–Crippen MR) is 101 cm³/mol. The monoisotopic (exact) mass is 414 g/mol. The molecule has 1 amide bonds. The second-order valence-corrected chi connectivity index (χ2v) is 8.98. The lowest BCUT2D eigenvalue weighted by Gasteiger charge is -2.21. The van der Waals surface area contributed by atoms with Gasteiger partial charge in [-0.25, -0.2) is 13.4 Å². The van der Waals surface area contributed by atoms with Crippen LogP contribution < -0.4 is 4.90 Å². The fourth-order valence-electron chi connectivity index (χ4n) is 2.19. The number of thiazole rings is 1. The van der Waals surface area contributed by atoms with E-state index in [2.05, 4.69) is 20.0 Å². The Balaban J connectivity index is 2.31. The van der Waals surface area contributed by atoms with Gasteiger partial charge in [0.15, 0.2) is 5.15 Å². The first-order valence-corrected chi connectivity index (χ1v) is 10.5. The SMILES string of the molecule is CN(C(=O)C(CN=[N+]=[N-])CS(C)(=O)=O)c1sc(-c2cccnc2)nc1Cl. The maximum atomic E-state index is 12.7. The number of aromatic nitrogens is 2. The average molecular weight is 415 g/mol. The molecule has 0 radical (unpaired) electrons. The molecule has 0 aromatic carbocycles. The van der Waals surface area contributed by atoms with E-state index in [9.17, 15) is 13.2 Å². The van der Waals surface area contributed by atoms with Crippen molar-refractivity contribution in [1.82, 2.24) is 9.97 Å². The molecule has 12 heteroatoms. The van der Waals surface area contributed by atoms with Crippen LogP contribution in [-0.2, 0) is 14.6 Å². The molecule has 0 aliphatic rings. The van der Waals surface area contributed by atoms with Gasteiger partial charge in [-0.15, -0.1) is 0 Å². The molecule has 0 bridgehead atoms. The number of hydrogen-bond donors (Lipinski definition) is 0. The standard InChI is InChI=1S/C14H15ClN6O3S2/c1-21(13(22)10(7-18-20-16)8-26(2,23)24)14-11(15)19-12(25-14)9-4-3-5-17-6-9/h3-6,10H,7-8H2,1-2H3. The molecule has 0 fully saturated rings. The van der Waals surface area contributed by atoms with Gasteiger partial charge in [-0.05, 0) is 17.7 Å². The number of pyridine rings is 1. The normalized spacial score (nSPS) is 12.3. The molecule has 0 aliphatic heterocycles. The smallest absolute Gasteiger partial charge is 0.231 e. The lowest BCUT2D eigenvalue weighted by molar-refractivity contribution is -0.121. The van der Waals surface area contributed by atoms with Crippen LogP contribution in [0.3, 0.4) is 0 Å².